The fourth-order valence-electron chi connectivity index (χ4n) is 4.03. The highest BCUT2D eigenvalue weighted by Crippen LogP contribution is 2.36. The van der Waals surface area contributed by atoms with Gasteiger partial charge in [0, 0.05) is 19.1 Å². The van der Waals surface area contributed by atoms with E-state index >= 15 is 0 Å². The highest BCUT2D eigenvalue weighted by molar-refractivity contribution is 6.35. The smallest absolute Gasteiger partial charge is 0.278 e. The molecule has 0 aliphatic carbocycles. The van der Waals surface area contributed by atoms with Gasteiger partial charge >= 0.3 is 0 Å². The number of carbonyl (C=O) groups excluding carboxylic acids is 2. The first-order valence-electron chi connectivity index (χ1n) is 9.26. The van der Waals surface area contributed by atoms with Gasteiger partial charge in [-0.05, 0) is 57.6 Å². The van der Waals surface area contributed by atoms with Crippen LogP contribution < -0.4 is 0 Å². The fourth-order valence-corrected chi connectivity index (χ4v) is 4.03. The topological polar surface area (TPSA) is 40.6 Å². The summed E-state index contributed by atoms with van der Waals surface area (Å²) < 4.78 is 0. The van der Waals surface area contributed by atoms with E-state index in [4.69, 9.17) is 0 Å². The standard InChI is InChI=1S/C21H28N2O2/c1-13(2)23-20(24)18(17-9-8-14(3)11-16(17)5)19(21(23)25)22-10-6-7-15(4)12-22/h8-9,11,13,15H,6-7,10,12H2,1-5H3. The molecule has 0 spiro atoms. The van der Waals surface area contributed by atoms with Crippen LogP contribution in [0.15, 0.2) is 23.9 Å². The van der Waals surface area contributed by atoms with E-state index in [1.54, 1.807) is 0 Å². The lowest BCUT2D eigenvalue weighted by Crippen LogP contribution is -2.41. The first-order valence-corrected chi connectivity index (χ1v) is 9.26. The maximum absolute atomic E-state index is 13.2. The summed E-state index contributed by atoms with van der Waals surface area (Å²) in [5.74, 6) is 0.252. The average Bonchev–Trinajstić information content (AvgIpc) is 2.78. The molecular formula is C21H28N2O2. The Balaban J connectivity index is 2.15. The van der Waals surface area contributed by atoms with Crippen molar-refractivity contribution in [2.24, 2.45) is 5.92 Å². The predicted octanol–water partition coefficient (Wildman–Crippen LogP) is 3.52. The van der Waals surface area contributed by atoms with E-state index in [1.165, 1.54) is 11.3 Å². The summed E-state index contributed by atoms with van der Waals surface area (Å²) in [5.41, 5.74) is 4.29. The Bertz CT molecular complexity index is 748. The number of nitrogens with zero attached hydrogens (tertiary/aromatic N) is 2. The molecule has 0 N–H and O–H groups in total. The molecule has 2 heterocycles. The van der Waals surface area contributed by atoms with E-state index in [-0.39, 0.29) is 17.9 Å². The molecule has 2 aliphatic heterocycles. The van der Waals surface area contributed by atoms with Crippen molar-refractivity contribution < 1.29 is 9.59 Å². The van der Waals surface area contributed by atoms with Crippen molar-refractivity contribution in [1.29, 1.82) is 0 Å². The highest BCUT2D eigenvalue weighted by Gasteiger charge is 2.43. The average molecular weight is 340 g/mol. The van der Waals surface area contributed by atoms with Gasteiger partial charge in [-0.25, -0.2) is 0 Å². The lowest BCUT2D eigenvalue weighted by molar-refractivity contribution is -0.139. The summed E-state index contributed by atoms with van der Waals surface area (Å²) in [5, 5.41) is 0. The molecule has 2 aliphatic rings. The molecule has 1 unspecified atom stereocenters. The van der Waals surface area contributed by atoms with Gasteiger partial charge in [0.15, 0.2) is 0 Å². The molecule has 0 aromatic heterocycles. The third kappa shape index (κ3) is 3.10. The molecule has 1 aromatic rings. The molecule has 4 heteroatoms. The Morgan fingerprint density at radius 2 is 1.84 bits per heavy atom. The number of amides is 2. The molecule has 0 saturated carbocycles. The molecule has 0 radical (unpaired) electrons. The van der Waals surface area contributed by atoms with Crippen LogP contribution in [-0.2, 0) is 9.59 Å². The van der Waals surface area contributed by atoms with Crippen molar-refractivity contribution in [1.82, 2.24) is 9.80 Å². The number of rotatable bonds is 3. The van der Waals surface area contributed by atoms with Crippen LogP contribution in [0, 0.1) is 19.8 Å². The van der Waals surface area contributed by atoms with E-state index in [2.05, 4.69) is 17.9 Å². The number of hydrogen-bond donors (Lipinski definition) is 0. The van der Waals surface area contributed by atoms with Gasteiger partial charge in [-0.15, -0.1) is 0 Å². The van der Waals surface area contributed by atoms with E-state index in [0.717, 1.165) is 36.2 Å². The minimum atomic E-state index is -0.153. The minimum absolute atomic E-state index is 0.135. The largest absolute Gasteiger partial charge is 0.366 e. The van der Waals surface area contributed by atoms with E-state index in [0.29, 0.717) is 17.2 Å². The van der Waals surface area contributed by atoms with Crippen LogP contribution in [0.1, 0.15) is 50.3 Å². The van der Waals surface area contributed by atoms with Crippen LogP contribution in [0.3, 0.4) is 0 Å². The summed E-state index contributed by atoms with van der Waals surface area (Å²) >= 11 is 0. The summed E-state index contributed by atoms with van der Waals surface area (Å²) in [6, 6.07) is 5.94. The van der Waals surface area contributed by atoms with Gasteiger partial charge in [0.05, 0.1) is 5.57 Å². The Morgan fingerprint density at radius 1 is 1.12 bits per heavy atom. The summed E-state index contributed by atoms with van der Waals surface area (Å²) in [7, 11) is 0. The van der Waals surface area contributed by atoms with E-state index in [9.17, 15) is 9.59 Å². The van der Waals surface area contributed by atoms with Gasteiger partial charge in [0.1, 0.15) is 5.70 Å². The first-order chi connectivity index (χ1) is 11.8. The molecule has 1 fully saturated rings. The Kier molecular flexibility index (Phi) is 4.72. The van der Waals surface area contributed by atoms with Gasteiger partial charge in [0.25, 0.3) is 11.8 Å². The zero-order valence-corrected chi connectivity index (χ0v) is 15.9. The lowest BCUT2D eigenvalue weighted by Gasteiger charge is -2.33. The molecule has 3 rings (SSSR count). The SMILES string of the molecule is Cc1ccc(C2=C(N3CCCC(C)C3)C(=O)N(C(C)C)C2=O)c(C)c1. The molecule has 4 nitrogen and oxygen atoms in total. The van der Waals surface area contributed by atoms with Crippen LogP contribution in [0.4, 0.5) is 0 Å². The van der Waals surface area contributed by atoms with Gasteiger partial charge in [-0.3, -0.25) is 14.5 Å². The number of piperidine rings is 1. The summed E-state index contributed by atoms with van der Waals surface area (Å²) in [6.07, 6.45) is 2.24. The zero-order valence-electron chi connectivity index (χ0n) is 15.9. The second-order valence-corrected chi connectivity index (χ2v) is 7.81. The van der Waals surface area contributed by atoms with Crippen molar-refractivity contribution in [3.63, 3.8) is 0 Å². The van der Waals surface area contributed by atoms with Crippen LogP contribution >= 0.6 is 0 Å². The number of likely N-dealkylation sites (tertiary alicyclic amines) is 1. The van der Waals surface area contributed by atoms with Crippen LogP contribution in [-0.4, -0.2) is 40.7 Å². The second kappa shape index (κ2) is 6.66. The number of imide groups is 1. The van der Waals surface area contributed by atoms with Crippen molar-refractivity contribution in [3.05, 3.63) is 40.6 Å². The van der Waals surface area contributed by atoms with Crippen LogP contribution in [0.2, 0.25) is 0 Å². The highest BCUT2D eigenvalue weighted by atomic mass is 16.2. The minimum Gasteiger partial charge on any atom is -0.366 e. The summed E-state index contributed by atoms with van der Waals surface area (Å²) in [6.45, 7) is 11.8. The third-order valence-corrected chi connectivity index (χ3v) is 5.23. The maximum Gasteiger partial charge on any atom is 0.278 e. The second-order valence-electron chi connectivity index (χ2n) is 7.81. The van der Waals surface area contributed by atoms with Crippen molar-refractivity contribution in [3.8, 4) is 0 Å². The van der Waals surface area contributed by atoms with Crippen LogP contribution in [0.25, 0.3) is 5.57 Å². The first kappa shape index (κ1) is 17.7. The zero-order chi connectivity index (χ0) is 18.3. The van der Waals surface area contributed by atoms with Crippen LogP contribution in [0.5, 0.6) is 0 Å². The lowest BCUT2D eigenvalue weighted by atomic mass is 9.95. The van der Waals surface area contributed by atoms with Gasteiger partial charge in [-0.1, -0.05) is 30.7 Å². The van der Waals surface area contributed by atoms with E-state index in [1.807, 2.05) is 39.8 Å². The van der Waals surface area contributed by atoms with Gasteiger partial charge in [0.2, 0.25) is 0 Å². The number of hydrogen-bond acceptors (Lipinski definition) is 3. The van der Waals surface area contributed by atoms with Crippen molar-refractivity contribution >= 4 is 17.4 Å². The monoisotopic (exact) mass is 340 g/mol. The number of aryl methyl sites for hydroxylation is 2. The molecule has 1 atom stereocenters. The molecular weight excluding hydrogens is 312 g/mol. The Morgan fingerprint density at radius 3 is 2.44 bits per heavy atom. The van der Waals surface area contributed by atoms with Crippen molar-refractivity contribution in [2.75, 3.05) is 13.1 Å². The fraction of sp³-hybridized carbons (Fsp3) is 0.524. The predicted molar refractivity (Wildman–Crippen MR) is 99.8 cm³/mol. The molecule has 25 heavy (non-hydrogen) atoms. The maximum atomic E-state index is 13.2. The summed E-state index contributed by atoms with van der Waals surface area (Å²) in [4.78, 5) is 29.8. The molecule has 1 aromatic carbocycles. The van der Waals surface area contributed by atoms with Crippen molar-refractivity contribution in [2.45, 2.75) is 53.5 Å². The Hall–Kier alpha value is -2.10. The van der Waals surface area contributed by atoms with Gasteiger partial charge in [-0.2, -0.15) is 0 Å². The third-order valence-electron chi connectivity index (χ3n) is 5.23. The Labute approximate surface area is 150 Å². The number of benzene rings is 1. The quantitative estimate of drug-likeness (QED) is 0.791. The van der Waals surface area contributed by atoms with Gasteiger partial charge < -0.3 is 4.90 Å². The molecule has 134 valence electrons. The van der Waals surface area contributed by atoms with E-state index < -0.39 is 0 Å². The molecule has 2 amide bonds. The molecule has 1 saturated heterocycles. The number of carbonyl (C=O) groups is 2. The normalized spacial score (nSPS) is 21.8. The molecule has 0 bridgehead atoms.